The zero-order chi connectivity index (χ0) is 11.5. The second-order valence-electron chi connectivity index (χ2n) is 3.02. The van der Waals surface area contributed by atoms with Gasteiger partial charge in [0.25, 0.3) is 0 Å². The van der Waals surface area contributed by atoms with Crippen molar-refractivity contribution in [3.8, 4) is 0 Å². The summed E-state index contributed by atoms with van der Waals surface area (Å²) in [6.07, 6.45) is 3.75. The molecule has 0 aliphatic carbocycles. The van der Waals surface area contributed by atoms with Gasteiger partial charge < -0.3 is 9.47 Å². The van der Waals surface area contributed by atoms with E-state index in [0.717, 1.165) is 17.3 Å². The Hall–Kier alpha value is -0.100. The maximum atomic E-state index is 11.5. The molecule has 0 aliphatic rings. The molecule has 0 aromatic carbocycles. The van der Waals surface area contributed by atoms with Crippen molar-refractivity contribution in [3.63, 3.8) is 0 Å². The molecule has 0 aliphatic heterocycles. The van der Waals surface area contributed by atoms with Crippen LogP contribution in [0.1, 0.15) is 26.2 Å². The Bertz CT molecular complexity index is 183. The fourth-order valence-corrected chi connectivity index (χ4v) is 1.37. The largest absolute Gasteiger partial charge is 0.464 e. The third kappa shape index (κ3) is 7.79. The highest BCUT2D eigenvalue weighted by Crippen LogP contribution is 2.06. The standard InChI is InChI=1S/C11H19IO3/c1-3-5-7-10(11(13)14-4-2)15-9-6-8-12/h3,10H,1,4-9H2,2H3. The van der Waals surface area contributed by atoms with Crippen molar-refractivity contribution in [1.82, 2.24) is 0 Å². The summed E-state index contributed by atoms with van der Waals surface area (Å²) in [5.74, 6) is -0.257. The molecule has 0 bridgehead atoms. The van der Waals surface area contributed by atoms with Crippen LogP contribution in [0.15, 0.2) is 12.7 Å². The summed E-state index contributed by atoms with van der Waals surface area (Å²) >= 11 is 2.28. The number of rotatable bonds is 9. The summed E-state index contributed by atoms with van der Waals surface area (Å²) in [6, 6.07) is 0. The summed E-state index contributed by atoms with van der Waals surface area (Å²) in [5, 5.41) is 0. The van der Waals surface area contributed by atoms with Gasteiger partial charge in [-0.25, -0.2) is 4.79 Å². The summed E-state index contributed by atoms with van der Waals surface area (Å²) in [7, 11) is 0. The lowest BCUT2D eigenvalue weighted by molar-refractivity contribution is -0.157. The Morgan fingerprint density at radius 2 is 2.33 bits per heavy atom. The second-order valence-corrected chi connectivity index (χ2v) is 4.10. The number of halogens is 1. The summed E-state index contributed by atoms with van der Waals surface area (Å²) < 4.78 is 11.4. The molecule has 15 heavy (non-hydrogen) atoms. The lowest BCUT2D eigenvalue weighted by atomic mass is 10.2. The van der Waals surface area contributed by atoms with Gasteiger partial charge >= 0.3 is 5.97 Å². The maximum absolute atomic E-state index is 11.5. The zero-order valence-electron chi connectivity index (χ0n) is 9.21. The molecule has 3 nitrogen and oxygen atoms in total. The van der Waals surface area contributed by atoms with Gasteiger partial charge in [0.05, 0.1) is 6.61 Å². The minimum absolute atomic E-state index is 0.257. The Morgan fingerprint density at radius 1 is 1.60 bits per heavy atom. The highest BCUT2D eigenvalue weighted by Gasteiger charge is 2.19. The smallest absolute Gasteiger partial charge is 0.335 e. The van der Waals surface area contributed by atoms with E-state index in [1.165, 1.54) is 0 Å². The van der Waals surface area contributed by atoms with Crippen molar-refractivity contribution in [1.29, 1.82) is 0 Å². The van der Waals surface area contributed by atoms with Gasteiger partial charge in [0.15, 0.2) is 6.10 Å². The molecule has 1 unspecified atom stereocenters. The van der Waals surface area contributed by atoms with E-state index < -0.39 is 6.10 Å². The van der Waals surface area contributed by atoms with Crippen LogP contribution in [0.5, 0.6) is 0 Å². The minimum Gasteiger partial charge on any atom is -0.464 e. The van der Waals surface area contributed by atoms with Crippen LogP contribution in [0.3, 0.4) is 0 Å². The number of allylic oxidation sites excluding steroid dienone is 1. The number of hydrogen-bond acceptors (Lipinski definition) is 3. The first-order valence-corrected chi connectivity index (χ1v) is 6.73. The van der Waals surface area contributed by atoms with Crippen molar-refractivity contribution < 1.29 is 14.3 Å². The molecule has 0 saturated carbocycles. The van der Waals surface area contributed by atoms with Gasteiger partial charge in [0.1, 0.15) is 0 Å². The van der Waals surface area contributed by atoms with E-state index in [1.54, 1.807) is 13.0 Å². The molecular weight excluding hydrogens is 307 g/mol. The Labute approximate surface area is 105 Å². The van der Waals surface area contributed by atoms with E-state index in [-0.39, 0.29) is 5.97 Å². The SMILES string of the molecule is C=CCCC(OCCCI)C(=O)OCC. The molecule has 1 atom stereocenters. The van der Waals surface area contributed by atoms with Gasteiger partial charge in [-0.3, -0.25) is 0 Å². The number of ether oxygens (including phenoxy) is 2. The van der Waals surface area contributed by atoms with E-state index in [9.17, 15) is 4.79 Å². The third-order valence-corrected chi connectivity index (χ3v) is 2.54. The first-order chi connectivity index (χ1) is 7.26. The first kappa shape index (κ1) is 14.9. The fraction of sp³-hybridized carbons (Fsp3) is 0.727. The number of carbonyl (C=O) groups is 1. The minimum atomic E-state index is -0.425. The molecule has 4 heteroatoms. The van der Waals surface area contributed by atoms with Gasteiger partial charge in [-0.15, -0.1) is 6.58 Å². The average Bonchev–Trinajstić information content (AvgIpc) is 2.23. The van der Waals surface area contributed by atoms with Gasteiger partial charge in [0, 0.05) is 11.0 Å². The number of esters is 1. The lowest BCUT2D eigenvalue weighted by Gasteiger charge is -2.15. The van der Waals surface area contributed by atoms with Crippen molar-refractivity contribution in [3.05, 3.63) is 12.7 Å². The molecule has 0 saturated heterocycles. The number of alkyl halides is 1. The Balaban J connectivity index is 3.92. The van der Waals surface area contributed by atoms with Crippen molar-refractivity contribution in [2.75, 3.05) is 17.6 Å². The molecule has 0 spiro atoms. The fourth-order valence-electron chi connectivity index (χ4n) is 1.05. The maximum Gasteiger partial charge on any atom is 0.335 e. The molecule has 0 aromatic rings. The Kier molecular flexibility index (Phi) is 10.3. The van der Waals surface area contributed by atoms with Gasteiger partial charge in [-0.1, -0.05) is 28.7 Å². The van der Waals surface area contributed by atoms with Crippen LogP contribution >= 0.6 is 22.6 Å². The van der Waals surface area contributed by atoms with E-state index in [4.69, 9.17) is 9.47 Å². The monoisotopic (exact) mass is 326 g/mol. The van der Waals surface area contributed by atoms with Gasteiger partial charge in [-0.05, 0) is 26.2 Å². The van der Waals surface area contributed by atoms with Crippen molar-refractivity contribution in [2.45, 2.75) is 32.3 Å². The predicted octanol–water partition coefficient (Wildman–Crippen LogP) is 2.73. The third-order valence-electron chi connectivity index (χ3n) is 1.78. The van der Waals surface area contributed by atoms with Gasteiger partial charge in [0.2, 0.25) is 0 Å². The van der Waals surface area contributed by atoms with E-state index >= 15 is 0 Å². The molecule has 0 rings (SSSR count). The lowest BCUT2D eigenvalue weighted by Crippen LogP contribution is -2.27. The highest BCUT2D eigenvalue weighted by atomic mass is 127. The van der Waals surface area contributed by atoms with Crippen LogP contribution in [-0.2, 0) is 14.3 Å². The first-order valence-electron chi connectivity index (χ1n) is 5.21. The predicted molar refractivity (Wildman–Crippen MR) is 69.3 cm³/mol. The summed E-state index contributed by atoms with van der Waals surface area (Å²) in [4.78, 5) is 11.5. The highest BCUT2D eigenvalue weighted by molar-refractivity contribution is 14.1. The van der Waals surface area contributed by atoms with Crippen molar-refractivity contribution >= 4 is 28.6 Å². The van der Waals surface area contributed by atoms with Crippen molar-refractivity contribution in [2.24, 2.45) is 0 Å². The van der Waals surface area contributed by atoms with Crippen LogP contribution in [-0.4, -0.2) is 29.7 Å². The van der Waals surface area contributed by atoms with Gasteiger partial charge in [-0.2, -0.15) is 0 Å². The zero-order valence-corrected chi connectivity index (χ0v) is 11.4. The molecule has 0 heterocycles. The molecular formula is C11H19IO3. The van der Waals surface area contributed by atoms with E-state index in [0.29, 0.717) is 19.6 Å². The topological polar surface area (TPSA) is 35.5 Å². The van der Waals surface area contributed by atoms with Crippen LogP contribution in [0.4, 0.5) is 0 Å². The Morgan fingerprint density at radius 3 is 2.87 bits per heavy atom. The van der Waals surface area contributed by atoms with Crippen LogP contribution in [0, 0.1) is 0 Å². The summed E-state index contributed by atoms with van der Waals surface area (Å²) in [6.45, 7) is 6.44. The second kappa shape index (κ2) is 10.4. The quantitative estimate of drug-likeness (QED) is 0.215. The molecule has 0 radical (unpaired) electrons. The van der Waals surface area contributed by atoms with E-state index in [1.807, 2.05) is 0 Å². The van der Waals surface area contributed by atoms with Crippen LogP contribution in [0.25, 0.3) is 0 Å². The van der Waals surface area contributed by atoms with Crippen LogP contribution < -0.4 is 0 Å². The number of carbonyl (C=O) groups excluding carboxylic acids is 1. The summed E-state index contributed by atoms with van der Waals surface area (Å²) in [5.41, 5.74) is 0. The molecule has 0 N–H and O–H groups in total. The van der Waals surface area contributed by atoms with Crippen LogP contribution in [0.2, 0.25) is 0 Å². The number of hydrogen-bond donors (Lipinski definition) is 0. The molecule has 0 amide bonds. The van der Waals surface area contributed by atoms with E-state index in [2.05, 4.69) is 29.2 Å². The normalized spacial score (nSPS) is 12.1. The molecule has 88 valence electrons. The average molecular weight is 326 g/mol. The molecule has 0 aromatic heterocycles. The molecule has 0 fully saturated rings.